The average molecular weight is 170 g/mol. The molecular weight excluding hydrogens is 156 g/mol. The molecule has 0 saturated heterocycles. The summed E-state index contributed by atoms with van der Waals surface area (Å²) in [7, 11) is 0. The van der Waals surface area contributed by atoms with Crippen LogP contribution in [0.2, 0.25) is 0 Å². The maximum atomic E-state index is 2.30. The Balaban J connectivity index is 2.48. The molecule has 1 aromatic rings. The molecule has 0 saturated carbocycles. The number of hydrogen-bond donors (Lipinski definition) is 0. The van der Waals surface area contributed by atoms with Crippen LogP contribution >= 0.6 is 0 Å². The predicted molar refractivity (Wildman–Crippen MR) is 57.4 cm³/mol. The molecule has 0 unspecified atom stereocenters. The molecule has 13 heavy (non-hydrogen) atoms. The zero-order valence-electron chi connectivity index (χ0n) is 8.17. The summed E-state index contributed by atoms with van der Waals surface area (Å²) in [6.45, 7) is 4.41. The van der Waals surface area contributed by atoms with Crippen molar-refractivity contribution in [3.8, 4) is 0 Å². The van der Waals surface area contributed by atoms with Crippen LogP contribution in [-0.2, 0) is 0 Å². The lowest BCUT2D eigenvalue weighted by molar-refractivity contribution is 1.25. The monoisotopic (exact) mass is 170 g/mol. The quantitative estimate of drug-likeness (QED) is 0.601. The second-order valence-electron chi connectivity index (χ2n) is 3.61. The highest BCUT2D eigenvalue weighted by molar-refractivity contribution is 5.83. The first-order chi connectivity index (χ1) is 6.29. The molecule has 0 atom stereocenters. The van der Waals surface area contributed by atoms with Gasteiger partial charge in [0, 0.05) is 0 Å². The summed E-state index contributed by atoms with van der Waals surface area (Å²) in [5, 5.41) is 0. The number of hydrogen-bond acceptors (Lipinski definition) is 0. The highest BCUT2D eigenvalue weighted by atomic mass is 14.2. The molecule has 0 heteroatoms. The van der Waals surface area contributed by atoms with Crippen molar-refractivity contribution in [3.05, 3.63) is 53.1 Å². The maximum Gasteiger partial charge on any atom is -0.0126 e. The van der Waals surface area contributed by atoms with E-state index in [1.807, 2.05) is 0 Å². The lowest BCUT2D eigenvalue weighted by Gasteiger charge is -2.06. The van der Waals surface area contributed by atoms with Crippen LogP contribution in [0.3, 0.4) is 0 Å². The van der Waals surface area contributed by atoms with Gasteiger partial charge in [0.25, 0.3) is 0 Å². The molecule has 0 aliphatic heterocycles. The van der Waals surface area contributed by atoms with Gasteiger partial charge in [0.2, 0.25) is 0 Å². The molecule has 1 aromatic carbocycles. The van der Waals surface area contributed by atoms with E-state index in [0.29, 0.717) is 0 Å². The number of allylic oxidation sites excluding steroid dienone is 4. The van der Waals surface area contributed by atoms with Gasteiger partial charge in [-0.15, -0.1) is 0 Å². The van der Waals surface area contributed by atoms with Gasteiger partial charge < -0.3 is 0 Å². The van der Waals surface area contributed by atoms with Gasteiger partial charge in [-0.05, 0) is 37.0 Å². The SMILES string of the molecule is CC1=CCC(C)=C1c1ccccc1. The number of benzene rings is 1. The van der Waals surface area contributed by atoms with Gasteiger partial charge in [-0.1, -0.05) is 42.0 Å². The lowest BCUT2D eigenvalue weighted by atomic mass is 9.99. The first-order valence-corrected chi connectivity index (χ1v) is 4.71. The van der Waals surface area contributed by atoms with Crippen LogP contribution in [0.5, 0.6) is 0 Å². The van der Waals surface area contributed by atoms with E-state index in [1.54, 1.807) is 0 Å². The fourth-order valence-electron chi connectivity index (χ4n) is 1.93. The molecule has 0 heterocycles. The van der Waals surface area contributed by atoms with Crippen LogP contribution in [0, 0.1) is 0 Å². The molecule has 66 valence electrons. The predicted octanol–water partition coefficient (Wildman–Crippen LogP) is 3.81. The fraction of sp³-hybridized carbons (Fsp3) is 0.231. The molecule has 0 radical (unpaired) electrons. The van der Waals surface area contributed by atoms with E-state index in [1.165, 1.54) is 22.3 Å². The van der Waals surface area contributed by atoms with Crippen molar-refractivity contribution < 1.29 is 0 Å². The minimum Gasteiger partial charge on any atom is -0.0769 e. The first-order valence-electron chi connectivity index (χ1n) is 4.71. The normalized spacial score (nSPS) is 16.3. The van der Waals surface area contributed by atoms with Gasteiger partial charge in [0.1, 0.15) is 0 Å². The Morgan fingerprint density at radius 3 is 2.23 bits per heavy atom. The van der Waals surface area contributed by atoms with Crippen molar-refractivity contribution in [1.82, 2.24) is 0 Å². The Labute approximate surface area is 79.6 Å². The van der Waals surface area contributed by atoms with E-state index < -0.39 is 0 Å². The van der Waals surface area contributed by atoms with Crippen molar-refractivity contribution >= 4 is 5.57 Å². The van der Waals surface area contributed by atoms with Gasteiger partial charge in [-0.3, -0.25) is 0 Å². The lowest BCUT2D eigenvalue weighted by Crippen LogP contribution is -1.84. The molecule has 0 bridgehead atoms. The summed E-state index contributed by atoms with van der Waals surface area (Å²) < 4.78 is 0. The van der Waals surface area contributed by atoms with E-state index in [4.69, 9.17) is 0 Å². The summed E-state index contributed by atoms with van der Waals surface area (Å²) >= 11 is 0. The second kappa shape index (κ2) is 3.21. The zero-order chi connectivity index (χ0) is 9.26. The molecular formula is C13H14. The van der Waals surface area contributed by atoms with Gasteiger partial charge in [0.05, 0.1) is 0 Å². The van der Waals surface area contributed by atoms with Crippen molar-refractivity contribution in [2.45, 2.75) is 20.3 Å². The Kier molecular flexibility index (Phi) is 2.05. The second-order valence-corrected chi connectivity index (χ2v) is 3.61. The topological polar surface area (TPSA) is 0 Å². The largest absolute Gasteiger partial charge is 0.0769 e. The summed E-state index contributed by atoms with van der Waals surface area (Å²) in [5.41, 5.74) is 5.71. The third kappa shape index (κ3) is 1.44. The molecule has 0 N–H and O–H groups in total. The third-order valence-corrected chi connectivity index (χ3v) is 2.60. The first kappa shape index (κ1) is 8.31. The van der Waals surface area contributed by atoms with Crippen molar-refractivity contribution in [3.63, 3.8) is 0 Å². The van der Waals surface area contributed by atoms with Crippen LogP contribution in [0.1, 0.15) is 25.8 Å². The van der Waals surface area contributed by atoms with E-state index in [9.17, 15) is 0 Å². The van der Waals surface area contributed by atoms with Gasteiger partial charge in [-0.25, -0.2) is 0 Å². The molecule has 0 amide bonds. The van der Waals surface area contributed by atoms with E-state index >= 15 is 0 Å². The highest BCUT2D eigenvalue weighted by Gasteiger charge is 2.11. The minimum absolute atomic E-state index is 1.12. The average Bonchev–Trinajstić information content (AvgIpc) is 2.48. The molecule has 0 nitrogen and oxygen atoms in total. The van der Waals surface area contributed by atoms with E-state index in [0.717, 1.165) is 6.42 Å². The van der Waals surface area contributed by atoms with Gasteiger partial charge in [-0.2, -0.15) is 0 Å². The molecule has 2 rings (SSSR count). The fourth-order valence-corrected chi connectivity index (χ4v) is 1.93. The van der Waals surface area contributed by atoms with Crippen LogP contribution in [0.4, 0.5) is 0 Å². The van der Waals surface area contributed by atoms with E-state index in [2.05, 4.69) is 50.3 Å². The standard InChI is InChI=1S/C13H14/c1-10-8-9-11(2)13(10)12-6-4-3-5-7-12/h3-8H,9H2,1-2H3. The Bertz CT molecular complexity index is 366. The Morgan fingerprint density at radius 1 is 1.00 bits per heavy atom. The van der Waals surface area contributed by atoms with Crippen molar-refractivity contribution in [2.75, 3.05) is 0 Å². The van der Waals surface area contributed by atoms with Gasteiger partial charge >= 0.3 is 0 Å². The van der Waals surface area contributed by atoms with Crippen molar-refractivity contribution in [2.24, 2.45) is 0 Å². The Hall–Kier alpha value is -1.30. The highest BCUT2D eigenvalue weighted by Crippen LogP contribution is 2.33. The third-order valence-electron chi connectivity index (χ3n) is 2.60. The van der Waals surface area contributed by atoms with E-state index in [-0.39, 0.29) is 0 Å². The van der Waals surface area contributed by atoms with Crippen molar-refractivity contribution in [1.29, 1.82) is 0 Å². The van der Waals surface area contributed by atoms with Crippen LogP contribution < -0.4 is 0 Å². The van der Waals surface area contributed by atoms with Crippen LogP contribution in [0.25, 0.3) is 5.57 Å². The summed E-state index contributed by atoms with van der Waals surface area (Å²) in [5.74, 6) is 0. The molecule has 1 aliphatic rings. The minimum atomic E-state index is 1.12. The maximum absolute atomic E-state index is 2.30. The number of rotatable bonds is 1. The molecule has 0 spiro atoms. The molecule has 1 aliphatic carbocycles. The summed E-state index contributed by atoms with van der Waals surface area (Å²) in [6, 6.07) is 10.6. The van der Waals surface area contributed by atoms with Crippen LogP contribution in [-0.4, -0.2) is 0 Å². The summed E-state index contributed by atoms with van der Waals surface area (Å²) in [4.78, 5) is 0. The van der Waals surface area contributed by atoms with Gasteiger partial charge in [0.15, 0.2) is 0 Å². The van der Waals surface area contributed by atoms with Crippen LogP contribution in [0.15, 0.2) is 47.6 Å². The summed E-state index contributed by atoms with van der Waals surface area (Å²) in [6.07, 6.45) is 3.42. The molecule has 0 aromatic heterocycles. The smallest absolute Gasteiger partial charge is 0.0126 e. The molecule has 0 fully saturated rings. The zero-order valence-corrected chi connectivity index (χ0v) is 8.17. The Morgan fingerprint density at radius 2 is 1.69 bits per heavy atom.